The van der Waals surface area contributed by atoms with Crippen LogP contribution in [-0.2, 0) is 14.6 Å². The van der Waals surface area contributed by atoms with Crippen LogP contribution in [0.1, 0.15) is 19.8 Å². The number of nitrogens with zero attached hydrogens (tertiary/aromatic N) is 1. The fraction of sp³-hybridized carbons (Fsp3) is 0.364. The van der Waals surface area contributed by atoms with Gasteiger partial charge in [0.25, 0.3) is 0 Å². The topological polar surface area (TPSA) is 94.3 Å². The first-order chi connectivity index (χ1) is 8.35. The number of sulfone groups is 1. The summed E-state index contributed by atoms with van der Waals surface area (Å²) in [6, 6.07) is 7.22. The minimum atomic E-state index is -4.05. The van der Waals surface area contributed by atoms with Gasteiger partial charge in [-0.1, -0.05) is 18.2 Å². The smallest absolute Gasteiger partial charge is 0.300 e. The van der Waals surface area contributed by atoms with Crippen LogP contribution < -0.4 is 0 Å². The van der Waals surface area contributed by atoms with E-state index in [1.165, 1.54) is 31.2 Å². The van der Waals surface area contributed by atoms with Crippen LogP contribution in [0.2, 0.25) is 0 Å². The summed E-state index contributed by atoms with van der Waals surface area (Å²) < 4.78 is 24.1. The highest BCUT2D eigenvalue weighted by Crippen LogP contribution is 2.19. The molecule has 0 heterocycles. The molecule has 1 rings (SSSR count). The van der Waals surface area contributed by atoms with Crippen LogP contribution in [0.15, 0.2) is 35.2 Å². The van der Waals surface area contributed by atoms with Gasteiger partial charge in [0.05, 0.1) is 4.90 Å². The molecule has 0 fully saturated rings. The Balaban J connectivity index is 3.06. The van der Waals surface area contributed by atoms with E-state index >= 15 is 0 Å². The highest BCUT2D eigenvalue weighted by molar-refractivity contribution is 7.91. The van der Waals surface area contributed by atoms with Crippen LogP contribution in [0.3, 0.4) is 0 Å². The van der Waals surface area contributed by atoms with Crippen molar-refractivity contribution in [3.8, 4) is 0 Å². The van der Waals surface area contributed by atoms with E-state index in [0.29, 0.717) is 0 Å². The van der Waals surface area contributed by atoms with Crippen LogP contribution in [-0.4, -0.2) is 24.5 Å². The van der Waals surface area contributed by atoms with E-state index in [1.54, 1.807) is 6.07 Å². The normalized spacial score (nSPS) is 12.9. The van der Waals surface area contributed by atoms with E-state index in [0.717, 1.165) is 0 Å². The quantitative estimate of drug-likeness (QED) is 0.576. The van der Waals surface area contributed by atoms with Crippen molar-refractivity contribution in [2.75, 3.05) is 0 Å². The van der Waals surface area contributed by atoms with E-state index in [9.17, 15) is 23.3 Å². The molecule has 6 nitrogen and oxygen atoms in total. The third-order valence-corrected chi connectivity index (χ3v) is 4.46. The Labute approximate surface area is 105 Å². The molecule has 0 radical (unpaired) electrons. The first-order valence-corrected chi connectivity index (χ1v) is 6.82. The number of carbonyl (C=O) groups excluding carboxylic acids is 1. The summed E-state index contributed by atoms with van der Waals surface area (Å²) in [6.45, 7) is 1.27. The maximum Gasteiger partial charge on any atom is 0.315 e. The van der Waals surface area contributed by atoms with Crippen molar-refractivity contribution in [2.45, 2.75) is 30.0 Å². The number of hydrogen-bond donors (Lipinski definition) is 0. The van der Waals surface area contributed by atoms with Gasteiger partial charge in [-0.3, -0.25) is 10.1 Å². The third-order valence-electron chi connectivity index (χ3n) is 2.41. The highest BCUT2D eigenvalue weighted by atomic mass is 32.2. The first-order valence-electron chi connectivity index (χ1n) is 5.27. The average Bonchev–Trinajstić information content (AvgIpc) is 2.29. The summed E-state index contributed by atoms with van der Waals surface area (Å²) in [5.74, 6) is -0.273. The lowest BCUT2D eigenvalue weighted by Gasteiger charge is -2.09. The van der Waals surface area contributed by atoms with Gasteiger partial charge in [-0.05, 0) is 19.1 Å². The van der Waals surface area contributed by atoms with Gasteiger partial charge >= 0.3 is 5.37 Å². The average molecular weight is 271 g/mol. The molecular formula is C11H13NO5S. The van der Waals surface area contributed by atoms with Gasteiger partial charge in [-0.2, -0.15) is 0 Å². The lowest BCUT2D eigenvalue weighted by Crippen LogP contribution is -2.30. The summed E-state index contributed by atoms with van der Waals surface area (Å²) in [6.07, 6.45) is -0.433. The van der Waals surface area contributed by atoms with E-state index in [2.05, 4.69) is 0 Å². The summed E-state index contributed by atoms with van der Waals surface area (Å²) in [4.78, 5) is 20.7. The van der Waals surface area contributed by atoms with Gasteiger partial charge < -0.3 is 4.79 Å². The molecule has 1 unspecified atom stereocenters. The highest BCUT2D eigenvalue weighted by Gasteiger charge is 2.37. The van der Waals surface area contributed by atoms with Crippen molar-refractivity contribution in [3.05, 3.63) is 40.4 Å². The Bertz CT molecular complexity index is 538. The number of benzene rings is 1. The zero-order valence-corrected chi connectivity index (χ0v) is 10.6. The van der Waals surface area contributed by atoms with Crippen molar-refractivity contribution >= 4 is 15.6 Å². The Morgan fingerprint density at radius 1 is 1.33 bits per heavy atom. The fourth-order valence-electron chi connectivity index (χ4n) is 1.47. The zero-order valence-electron chi connectivity index (χ0n) is 9.78. The molecule has 0 amide bonds. The predicted octanol–water partition coefficient (Wildman–Crippen LogP) is 1.43. The maximum atomic E-state index is 12.0. The van der Waals surface area contributed by atoms with Crippen LogP contribution in [0, 0.1) is 10.1 Å². The van der Waals surface area contributed by atoms with E-state index < -0.39 is 20.1 Å². The van der Waals surface area contributed by atoms with Gasteiger partial charge in [0.2, 0.25) is 9.84 Å². The molecule has 1 atom stereocenters. The lowest BCUT2D eigenvalue weighted by molar-refractivity contribution is -0.497. The Kier molecular flexibility index (Phi) is 4.55. The van der Waals surface area contributed by atoms with Crippen LogP contribution in [0.5, 0.6) is 0 Å². The summed E-state index contributed by atoms with van der Waals surface area (Å²) >= 11 is 0. The van der Waals surface area contributed by atoms with Gasteiger partial charge in [0.15, 0.2) is 0 Å². The molecule has 7 heteroatoms. The van der Waals surface area contributed by atoms with Crippen molar-refractivity contribution in [3.63, 3.8) is 0 Å². The Morgan fingerprint density at radius 2 is 1.89 bits per heavy atom. The molecule has 0 N–H and O–H groups in total. The van der Waals surface area contributed by atoms with Gasteiger partial charge in [0.1, 0.15) is 5.78 Å². The molecule has 1 aromatic rings. The largest absolute Gasteiger partial charge is 0.315 e. The molecule has 0 aliphatic heterocycles. The standard InChI is InChI=1S/C11H13NO5S/c1-9(13)7-8-11(12(14)15)18(16,17)10-5-3-2-4-6-10/h2-6,11H,7-8H2,1H3. The van der Waals surface area contributed by atoms with Crippen LogP contribution in [0.25, 0.3) is 0 Å². The number of rotatable bonds is 6. The molecule has 0 spiro atoms. The van der Waals surface area contributed by atoms with E-state index in [4.69, 9.17) is 0 Å². The number of hydrogen-bond acceptors (Lipinski definition) is 5. The first kappa shape index (κ1) is 14.3. The fourth-order valence-corrected chi connectivity index (χ4v) is 2.97. The molecule has 0 saturated carbocycles. The van der Waals surface area contributed by atoms with Crippen molar-refractivity contribution in [1.82, 2.24) is 0 Å². The van der Waals surface area contributed by atoms with Crippen LogP contribution in [0.4, 0.5) is 0 Å². The second kappa shape index (κ2) is 5.72. The number of carbonyl (C=O) groups is 1. The van der Waals surface area contributed by atoms with Crippen LogP contribution >= 0.6 is 0 Å². The number of ketones is 1. The maximum absolute atomic E-state index is 12.0. The summed E-state index contributed by atoms with van der Waals surface area (Å²) in [7, 11) is -4.05. The third kappa shape index (κ3) is 3.36. The molecule has 1 aromatic carbocycles. The van der Waals surface area contributed by atoms with E-state index in [1.807, 2.05) is 0 Å². The molecule has 0 aliphatic carbocycles. The minimum Gasteiger partial charge on any atom is -0.300 e. The molecule has 0 bridgehead atoms. The van der Waals surface area contributed by atoms with Crippen molar-refractivity contribution in [2.24, 2.45) is 0 Å². The Morgan fingerprint density at radius 3 is 2.33 bits per heavy atom. The van der Waals surface area contributed by atoms with Gasteiger partial charge in [0, 0.05) is 17.8 Å². The summed E-state index contributed by atoms with van der Waals surface area (Å²) in [5, 5.41) is 9.07. The molecule has 0 aromatic heterocycles. The lowest BCUT2D eigenvalue weighted by atomic mass is 10.2. The number of Topliss-reactive ketones (excluding diaryl/α,β-unsaturated/α-hetero) is 1. The van der Waals surface area contributed by atoms with Gasteiger partial charge in [-0.15, -0.1) is 0 Å². The summed E-state index contributed by atoms with van der Waals surface area (Å²) in [5.41, 5.74) is 0. The number of nitro groups is 1. The van der Waals surface area contributed by atoms with Gasteiger partial charge in [-0.25, -0.2) is 8.42 Å². The molecule has 98 valence electrons. The molecule has 0 saturated heterocycles. The monoisotopic (exact) mass is 271 g/mol. The molecular weight excluding hydrogens is 258 g/mol. The molecule has 0 aliphatic rings. The molecule has 18 heavy (non-hydrogen) atoms. The zero-order chi connectivity index (χ0) is 13.8. The predicted molar refractivity (Wildman–Crippen MR) is 64.3 cm³/mol. The van der Waals surface area contributed by atoms with Crippen molar-refractivity contribution < 1.29 is 18.1 Å². The van der Waals surface area contributed by atoms with Crippen molar-refractivity contribution in [1.29, 1.82) is 0 Å². The second-order valence-electron chi connectivity index (χ2n) is 3.84. The second-order valence-corrected chi connectivity index (χ2v) is 5.94. The van der Waals surface area contributed by atoms with E-state index in [-0.39, 0.29) is 23.5 Å². The SMILES string of the molecule is CC(=O)CCC([N+](=O)[O-])S(=O)(=O)c1ccccc1. The Hall–Kier alpha value is -1.76. The minimum absolute atomic E-state index is 0.102.